The highest BCUT2D eigenvalue weighted by Gasteiger charge is 2.39. The van der Waals surface area contributed by atoms with Gasteiger partial charge in [-0.25, -0.2) is 18.6 Å². The van der Waals surface area contributed by atoms with Crippen LogP contribution < -0.4 is 11.1 Å². The number of imidazole rings is 1. The molecule has 1 aromatic heterocycles. The van der Waals surface area contributed by atoms with Gasteiger partial charge in [0.15, 0.2) is 5.78 Å². The number of ketones is 3. The van der Waals surface area contributed by atoms with Crippen molar-refractivity contribution in [2.24, 2.45) is 23.0 Å². The number of ether oxygens (including phenoxy) is 4. The van der Waals surface area contributed by atoms with Crippen LogP contribution in [-0.2, 0) is 63.8 Å². The van der Waals surface area contributed by atoms with Crippen molar-refractivity contribution in [1.82, 2.24) is 24.7 Å². The van der Waals surface area contributed by atoms with Crippen LogP contribution in [0.4, 0.5) is 22.0 Å². The van der Waals surface area contributed by atoms with Crippen LogP contribution in [0.1, 0.15) is 123 Å². The number of carbonyl (C=O) groups is 8. The normalized spacial score (nSPS) is 13.6. The van der Waals surface area contributed by atoms with Crippen molar-refractivity contribution in [3.05, 3.63) is 89.9 Å². The number of carboxylic acids is 1. The standard InChI is InChI=1S/C57H80F2N6O12.C2HF3O2/c1-40(2)45(35-44(68)24-29-74-30-31-75-32-33-77-39-76-28-13-16-43(67)23-27-64-51(70)21-22-52(64)71)56(73)62-48(17-9-11-25-60)50(69)18-10-12-26-65(53(72)38-66)54(57(3,4)5)55-61-49(46-34-42(58)19-20-47(46)59)37-63(55)36-41-14-7-6-8-15-41;3-2(4,5)1(6)7/h6-8,14-15,19-22,34,37,40,45,48,54,66H,9-13,16-18,23-33,35-36,38-39,60H2,1-5H3,(H,62,73);(H,6,7)/t45-,48-,54-;/m0./s1. The summed E-state index contributed by atoms with van der Waals surface area (Å²) in [5.41, 5.74) is 6.15. The van der Waals surface area contributed by atoms with Gasteiger partial charge in [0.05, 0.1) is 50.8 Å². The van der Waals surface area contributed by atoms with E-state index in [1.165, 1.54) is 17.1 Å². The lowest BCUT2D eigenvalue weighted by Crippen LogP contribution is -2.45. The van der Waals surface area contributed by atoms with Gasteiger partial charge in [0, 0.05) is 88.2 Å². The summed E-state index contributed by atoms with van der Waals surface area (Å²) in [5, 5.41) is 20.3. The van der Waals surface area contributed by atoms with E-state index in [0.717, 1.165) is 28.7 Å². The minimum Gasteiger partial charge on any atom is -0.475 e. The van der Waals surface area contributed by atoms with E-state index >= 15 is 4.39 Å². The van der Waals surface area contributed by atoms with E-state index in [2.05, 4.69) is 5.32 Å². The molecule has 0 radical (unpaired) electrons. The lowest BCUT2D eigenvalue weighted by Gasteiger charge is -2.40. The average molecular weight is 1190 g/mol. The molecular weight excluding hydrogens is 1110 g/mol. The average Bonchev–Trinajstić information content (AvgIpc) is 3.92. The van der Waals surface area contributed by atoms with Crippen LogP contribution in [0.5, 0.6) is 0 Å². The number of imide groups is 1. The fourth-order valence-electron chi connectivity index (χ4n) is 8.87. The van der Waals surface area contributed by atoms with Gasteiger partial charge in [-0.2, -0.15) is 13.2 Å². The van der Waals surface area contributed by atoms with E-state index in [9.17, 15) is 56.2 Å². The summed E-state index contributed by atoms with van der Waals surface area (Å²) >= 11 is 0. The third-order valence-electron chi connectivity index (χ3n) is 13.3. The first-order valence-corrected chi connectivity index (χ1v) is 28.0. The van der Waals surface area contributed by atoms with Gasteiger partial charge in [-0.3, -0.25) is 38.5 Å². The number of aliphatic hydroxyl groups is 1. The lowest BCUT2D eigenvalue weighted by atomic mass is 9.84. The molecule has 4 amide bonds. The molecule has 0 saturated heterocycles. The molecule has 2 aromatic carbocycles. The second kappa shape index (κ2) is 36.9. The predicted molar refractivity (Wildman–Crippen MR) is 297 cm³/mol. The molecule has 25 heteroatoms. The number of carboxylic acid groups (broad SMARTS) is 1. The molecule has 20 nitrogen and oxygen atoms in total. The van der Waals surface area contributed by atoms with Gasteiger partial charge in [-0.15, -0.1) is 0 Å². The number of alkyl halides is 3. The van der Waals surface area contributed by atoms with Gasteiger partial charge < -0.3 is 49.7 Å². The summed E-state index contributed by atoms with van der Waals surface area (Å²) in [5.74, 6) is -6.75. The number of hydrogen-bond acceptors (Lipinski definition) is 15. The van der Waals surface area contributed by atoms with E-state index in [4.69, 9.17) is 39.6 Å². The molecule has 84 heavy (non-hydrogen) atoms. The fraction of sp³-hybridized carbons (Fsp3) is 0.576. The number of halogens is 5. The monoisotopic (exact) mass is 1190 g/mol. The van der Waals surface area contributed by atoms with Crippen LogP contribution in [0.25, 0.3) is 11.3 Å². The van der Waals surface area contributed by atoms with Gasteiger partial charge in [0.25, 0.3) is 11.8 Å². The largest absolute Gasteiger partial charge is 0.490 e. The topological polar surface area (TPSA) is 276 Å². The molecule has 0 fully saturated rings. The molecule has 0 bridgehead atoms. The van der Waals surface area contributed by atoms with Gasteiger partial charge in [-0.05, 0) is 80.2 Å². The van der Waals surface area contributed by atoms with E-state index in [0.29, 0.717) is 64.0 Å². The Kier molecular flexibility index (Phi) is 31.5. The highest BCUT2D eigenvalue weighted by Crippen LogP contribution is 2.40. The van der Waals surface area contributed by atoms with E-state index in [1.807, 2.05) is 69.5 Å². The van der Waals surface area contributed by atoms with E-state index in [1.54, 1.807) is 6.20 Å². The number of unbranched alkanes of at least 4 members (excludes halogenated alkanes) is 2. The van der Waals surface area contributed by atoms with Crippen molar-refractivity contribution >= 4 is 46.9 Å². The Bertz CT molecular complexity index is 2610. The minimum absolute atomic E-state index is 0.0239. The van der Waals surface area contributed by atoms with Crippen LogP contribution >= 0.6 is 0 Å². The Morgan fingerprint density at radius 2 is 1.40 bits per heavy atom. The van der Waals surface area contributed by atoms with Crippen molar-refractivity contribution in [2.75, 3.05) is 72.7 Å². The minimum atomic E-state index is -5.08. The molecule has 1 aliphatic rings. The Morgan fingerprint density at radius 3 is 2.01 bits per heavy atom. The summed E-state index contributed by atoms with van der Waals surface area (Å²) < 4.78 is 85.0. The Labute approximate surface area is 486 Å². The zero-order valence-electron chi connectivity index (χ0n) is 48.5. The van der Waals surface area contributed by atoms with Crippen LogP contribution in [0.15, 0.2) is 66.9 Å². The Morgan fingerprint density at radius 1 is 0.774 bits per heavy atom. The highest BCUT2D eigenvalue weighted by molar-refractivity contribution is 6.13. The van der Waals surface area contributed by atoms with Gasteiger partial charge in [0.1, 0.15) is 42.4 Å². The van der Waals surface area contributed by atoms with Crippen LogP contribution in [0.2, 0.25) is 0 Å². The summed E-state index contributed by atoms with van der Waals surface area (Å²) in [6.45, 7) is 11.1. The molecule has 0 unspecified atom stereocenters. The zero-order chi connectivity index (χ0) is 62.4. The maximum atomic E-state index is 15.2. The van der Waals surface area contributed by atoms with Crippen LogP contribution in [-0.4, -0.2) is 161 Å². The molecule has 2 heterocycles. The molecule has 0 spiro atoms. The Balaban J connectivity index is 0.00000247. The zero-order valence-corrected chi connectivity index (χ0v) is 48.5. The maximum absolute atomic E-state index is 15.2. The number of aliphatic hydroxyl groups excluding tert-OH is 1. The first kappa shape index (κ1) is 71.6. The van der Waals surface area contributed by atoms with Crippen molar-refractivity contribution in [2.45, 2.75) is 130 Å². The summed E-state index contributed by atoms with van der Waals surface area (Å²) in [6.07, 6.45) is 2.18. The fourth-order valence-corrected chi connectivity index (χ4v) is 8.87. The first-order valence-electron chi connectivity index (χ1n) is 28.0. The second-order valence-electron chi connectivity index (χ2n) is 21.4. The first-order chi connectivity index (χ1) is 39.8. The molecule has 0 aliphatic carbocycles. The van der Waals surface area contributed by atoms with Crippen molar-refractivity contribution in [3.63, 3.8) is 0 Å². The number of amides is 4. The molecule has 4 rings (SSSR count). The molecule has 1 aliphatic heterocycles. The maximum Gasteiger partial charge on any atom is 0.490 e. The molecule has 0 saturated carbocycles. The summed E-state index contributed by atoms with van der Waals surface area (Å²) in [4.78, 5) is 106. The van der Waals surface area contributed by atoms with Crippen LogP contribution in [0.3, 0.4) is 0 Å². The SMILES string of the molecule is CC(C)[C@H](CC(=O)CCOCCOCCOCOCCCC(=O)CCN1C(=O)C=CC1=O)C(=O)N[C@@H](CCCCN)C(=O)CCCCN(C(=O)CO)[C@@H](c1nc(-c2cc(F)ccc2F)cn1Cc1ccccc1)C(C)(C)C.O=C(O)C(F)(F)F. The number of nitrogens with zero attached hydrogens (tertiary/aromatic N) is 4. The van der Waals surface area contributed by atoms with Crippen molar-refractivity contribution < 1.29 is 89.5 Å². The Hall–Kier alpha value is -6.64. The van der Waals surface area contributed by atoms with Crippen LogP contribution in [0, 0.1) is 28.9 Å². The quantitative estimate of drug-likeness (QED) is 0.0192. The van der Waals surface area contributed by atoms with Crippen molar-refractivity contribution in [1.29, 1.82) is 0 Å². The summed E-state index contributed by atoms with van der Waals surface area (Å²) in [6, 6.07) is 11.1. The second-order valence-corrected chi connectivity index (χ2v) is 21.4. The van der Waals surface area contributed by atoms with Crippen molar-refractivity contribution in [3.8, 4) is 11.3 Å². The van der Waals surface area contributed by atoms with Gasteiger partial charge in [0.2, 0.25) is 11.8 Å². The smallest absolute Gasteiger partial charge is 0.475 e. The van der Waals surface area contributed by atoms with Gasteiger partial charge >= 0.3 is 12.1 Å². The van der Waals surface area contributed by atoms with Gasteiger partial charge in [-0.1, -0.05) is 65.0 Å². The number of nitrogens with one attached hydrogen (secondary N) is 1. The summed E-state index contributed by atoms with van der Waals surface area (Å²) in [7, 11) is 0. The highest BCUT2D eigenvalue weighted by atomic mass is 19.4. The number of Topliss-reactive ketones (excluding diaryl/α,β-unsaturated/α-hetero) is 3. The number of carbonyl (C=O) groups excluding carboxylic acids is 7. The molecule has 5 N–H and O–H groups in total. The molecule has 3 atom stereocenters. The molecule has 3 aromatic rings. The molecule has 466 valence electrons. The molecular formula is C59H81F5N6O14. The predicted octanol–water partition coefficient (Wildman–Crippen LogP) is 7.08. The van der Waals surface area contributed by atoms with E-state index in [-0.39, 0.29) is 120 Å². The number of hydrogen-bond donors (Lipinski definition) is 4. The number of rotatable bonds is 39. The third kappa shape index (κ3) is 25.7. The lowest BCUT2D eigenvalue weighted by molar-refractivity contribution is -0.192. The van der Waals surface area contributed by atoms with E-state index < -0.39 is 77.4 Å². The number of aliphatic carboxylic acids is 1. The number of benzene rings is 2. The number of aromatic nitrogens is 2. The third-order valence-corrected chi connectivity index (χ3v) is 13.3. The number of nitrogens with two attached hydrogens (primary N) is 1.